The molecule has 0 spiro atoms. The van der Waals surface area contributed by atoms with Crippen molar-refractivity contribution in [3.05, 3.63) is 35.4 Å². The van der Waals surface area contributed by atoms with Gasteiger partial charge in [0.15, 0.2) is 0 Å². The summed E-state index contributed by atoms with van der Waals surface area (Å²) in [6.07, 6.45) is 3.11. The van der Waals surface area contributed by atoms with E-state index < -0.39 is 33.9 Å². The third-order valence-electron chi connectivity index (χ3n) is 4.30. The van der Waals surface area contributed by atoms with Gasteiger partial charge in [-0.25, -0.2) is 8.42 Å². The van der Waals surface area contributed by atoms with Gasteiger partial charge in [-0.1, -0.05) is 18.2 Å². The van der Waals surface area contributed by atoms with Gasteiger partial charge in [0.05, 0.1) is 17.1 Å². The maximum absolute atomic E-state index is 12.7. The van der Waals surface area contributed by atoms with E-state index in [9.17, 15) is 18.0 Å². The molecule has 0 unspecified atom stereocenters. The maximum atomic E-state index is 12.7. The van der Waals surface area contributed by atoms with Crippen molar-refractivity contribution in [1.82, 2.24) is 4.72 Å². The first-order valence-electron chi connectivity index (χ1n) is 9.52. The van der Waals surface area contributed by atoms with Gasteiger partial charge in [-0.3, -0.25) is 15.0 Å². The number of carbonyl (C=O) groups excluding carboxylic acids is 2. The lowest BCUT2D eigenvalue weighted by atomic mass is 9.95. The number of fused-ring (bicyclic) bond motifs is 1. The number of Topliss-reactive ketones (excluding diaryl/α,β-unsaturated/α-hetero) is 1. The van der Waals surface area contributed by atoms with Crippen molar-refractivity contribution in [3.63, 3.8) is 0 Å². The molecule has 8 nitrogen and oxygen atoms in total. The molecule has 2 N–H and O–H groups in total. The first kappa shape index (κ1) is 23.9. The summed E-state index contributed by atoms with van der Waals surface area (Å²) >= 11 is 0. The van der Waals surface area contributed by atoms with Gasteiger partial charge < -0.3 is 9.47 Å². The van der Waals surface area contributed by atoms with Crippen LogP contribution < -0.4 is 4.72 Å². The van der Waals surface area contributed by atoms with Gasteiger partial charge in [-0.05, 0) is 46.8 Å². The normalized spacial score (nSPS) is 14.6. The van der Waals surface area contributed by atoms with Crippen LogP contribution in [-0.2, 0) is 24.3 Å². The van der Waals surface area contributed by atoms with Crippen molar-refractivity contribution < 1.29 is 27.5 Å². The van der Waals surface area contributed by atoms with E-state index >= 15 is 0 Å². The fourth-order valence-corrected chi connectivity index (χ4v) is 3.95. The largest absolute Gasteiger partial charge is 0.459 e. The predicted octanol–water partition coefficient (Wildman–Crippen LogP) is 2.72. The molecule has 1 aliphatic rings. The summed E-state index contributed by atoms with van der Waals surface area (Å²) in [7, 11) is -4.08. The van der Waals surface area contributed by atoms with E-state index in [1.807, 2.05) is 20.8 Å². The number of benzene rings is 1. The first-order valence-corrected chi connectivity index (χ1v) is 11.0. The van der Waals surface area contributed by atoms with E-state index in [1.165, 1.54) is 30.4 Å². The molecule has 0 aliphatic heterocycles. The lowest BCUT2D eigenvalue weighted by Gasteiger charge is -2.27. The second kappa shape index (κ2) is 8.79. The van der Waals surface area contributed by atoms with Gasteiger partial charge >= 0.3 is 5.97 Å². The van der Waals surface area contributed by atoms with Gasteiger partial charge in [-0.2, -0.15) is 4.72 Å². The summed E-state index contributed by atoms with van der Waals surface area (Å²) in [4.78, 5) is 24.1. The van der Waals surface area contributed by atoms with Gasteiger partial charge in [0.2, 0.25) is 15.8 Å². The van der Waals surface area contributed by atoms with Crippen LogP contribution >= 0.6 is 0 Å². The minimum Gasteiger partial charge on any atom is -0.459 e. The summed E-state index contributed by atoms with van der Waals surface area (Å²) < 4.78 is 38.7. The van der Waals surface area contributed by atoms with Crippen molar-refractivity contribution in [1.29, 1.82) is 5.41 Å². The highest BCUT2D eigenvalue weighted by Gasteiger charge is 2.28. The smallest absolute Gasteiger partial charge is 0.321 e. The fraction of sp³-hybridized carbons (Fsp3) is 0.476. The van der Waals surface area contributed by atoms with Crippen LogP contribution in [0.4, 0.5) is 0 Å². The molecule has 0 saturated carbocycles. The summed E-state index contributed by atoms with van der Waals surface area (Å²) in [5, 5.41) is 7.58. The molecule has 0 amide bonds. The zero-order valence-electron chi connectivity index (χ0n) is 17.9. The van der Waals surface area contributed by atoms with E-state index in [4.69, 9.17) is 14.9 Å². The summed E-state index contributed by atoms with van der Waals surface area (Å²) in [6.45, 7) is 9.07. The molecule has 164 valence electrons. The highest BCUT2D eigenvalue weighted by Crippen LogP contribution is 2.25. The Balaban J connectivity index is 2.03. The number of allylic oxidation sites excluding steroid dienone is 1. The Labute approximate surface area is 177 Å². The van der Waals surface area contributed by atoms with Crippen LogP contribution in [0.5, 0.6) is 0 Å². The molecule has 0 saturated heterocycles. The van der Waals surface area contributed by atoms with Crippen LogP contribution in [0, 0.1) is 5.41 Å². The average molecular weight is 437 g/mol. The SMILES string of the molecule is CC(C)(C)OCCC(C)(C)OC(=O)CNS(=O)(=O)c1cccc2c1C=CC(=N)C2=O. The minimum absolute atomic E-state index is 0.132. The van der Waals surface area contributed by atoms with Crippen LogP contribution in [0.1, 0.15) is 57.0 Å². The molecule has 0 aromatic heterocycles. The van der Waals surface area contributed by atoms with E-state index in [1.54, 1.807) is 13.8 Å². The monoisotopic (exact) mass is 436 g/mol. The highest BCUT2D eigenvalue weighted by atomic mass is 32.2. The molecule has 2 rings (SSSR count). The molecule has 1 aromatic rings. The Hall–Kier alpha value is -2.36. The molecular formula is C21H28N2O6S. The third kappa shape index (κ3) is 6.32. The Kier molecular flexibility index (Phi) is 7.01. The Morgan fingerprint density at radius 3 is 2.43 bits per heavy atom. The summed E-state index contributed by atoms with van der Waals surface area (Å²) in [5.41, 5.74) is -1.02. The van der Waals surface area contributed by atoms with Crippen LogP contribution in [0.3, 0.4) is 0 Å². The van der Waals surface area contributed by atoms with Crippen molar-refractivity contribution >= 4 is 33.6 Å². The van der Waals surface area contributed by atoms with Gasteiger partial charge in [0, 0.05) is 17.5 Å². The molecule has 1 aliphatic carbocycles. The number of hydrogen-bond donors (Lipinski definition) is 2. The number of rotatable bonds is 8. The number of ketones is 1. The number of esters is 1. The molecule has 1 aromatic carbocycles. The van der Waals surface area contributed by atoms with Crippen molar-refractivity contribution in [2.75, 3.05) is 13.2 Å². The van der Waals surface area contributed by atoms with Crippen LogP contribution in [0.2, 0.25) is 0 Å². The molecule has 0 bridgehead atoms. The molecule has 0 radical (unpaired) electrons. The molecule has 9 heteroatoms. The van der Waals surface area contributed by atoms with E-state index in [0.29, 0.717) is 13.0 Å². The predicted molar refractivity (Wildman–Crippen MR) is 113 cm³/mol. The van der Waals surface area contributed by atoms with Gasteiger partial charge in [-0.15, -0.1) is 0 Å². The lowest BCUT2D eigenvalue weighted by Crippen LogP contribution is -2.37. The highest BCUT2D eigenvalue weighted by molar-refractivity contribution is 7.89. The van der Waals surface area contributed by atoms with E-state index in [2.05, 4.69) is 4.72 Å². The quantitative estimate of drug-likeness (QED) is 0.604. The fourth-order valence-electron chi connectivity index (χ4n) is 2.77. The van der Waals surface area contributed by atoms with Crippen LogP contribution in [-0.4, -0.2) is 50.2 Å². The number of hydrogen-bond acceptors (Lipinski definition) is 7. The maximum Gasteiger partial charge on any atom is 0.321 e. The minimum atomic E-state index is -4.08. The zero-order valence-corrected chi connectivity index (χ0v) is 18.7. The summed E-state index contributed by atoms with van der Waals surface area (Å²) in [6, 6.07) is 4.23. The van der Waals surface area contributed by atoms with Crippen molar-refractivity contribution in [3.8, 4) is 0 Å². The van der Waals surface area contributed by atoms with E-state index in [0.717, 1.165) is 0 Å². The Bertz CT molecular complexity index is 987. The molecule has 30 heavy (non-hydrogen) atoms. The van der Waals surface area contributed by atoms with Crippen LogP contribution in [0.25, 0.3) is 6.08 Å². The van der Waals surface area contributed by atoms with E-state index in [-0.39, 0.29) is 27.3 Å². The first-order chi connectivity index (χ1) is 13.7. The van der Waals surface area contributed by atoms with Crippen molar-refractivity contribution in [2.45, 2.75) is 57.1 Å². The second-order valence-electron chi connectivity index (χ2n) is 8.56. The zero-order chi connectivity index (χ0) is 22.7. The topological polar surface area (TPSA) is 123 Å². The Morgan fingerprint density at radius 1 is 1.13 bits per heavy atom. The number of ether oxygens (including phenoxy) is 2. The number of carbonyl (C=O) groups is 2. The standard InChI is InChI=1S/C21H28N2O6S/c1-20(2,3)28-12-11-21(4,5)29-18(24)13-23-30(26,27)17-8-6-7-15-14(17)9-10-16(22)19(15)25/h6-10,22-23H,11-13H2,1-5H3. The lowest BCUT2D eigenvalue weighted by molar-refractivity contribution is -0.157. The second-order valence-corrected chi connectivity index (χ2v) is 10.3. The average Bonchev–Trinajstić information content (AvgIpc) is 2.61. The van der Waals surface area contributed by atoms with Crippen molar-refractivity contribution in [2.24, 2.45) is 0 Å². The van der Waals surface area contributed by atoms with Crippen LogP contribution in [0.15, 0.2) is 29.2 Å². The molecule has 0 heterocycles. The number of sulfonamides is 1. The van der Waals surface area contributed by atoms with Gasteiger partial charge in [0.1, 0.15) is 17.9 Å². The molecular weight excluding hydrogens is 408 g/mol. The van der Waals surface area contributed by atoms with Gasteiger partial charge in [0.25, 0.3) is 0 Å². The molecule has 0 fully saturated rings. The third-order valence-corrected chi connectivity index (χ3v) is 5.76. The molecule has 0 atom stereocenters. The number of nitrogens with one attached hydrogen (secondary N) is 2. The summed E-state index contributed by atoms with van der Waals surface area (Å²) in [5.74, 6) is -1.28. The Morgan fingerprint density at radius 2 is 1.80 bits per heavy atom.